The van der Waals surface area contributed by atoms with E-state index >= 15 is 0 Å². The van der Waals surface area contributed by atoms with Gasteiger partial charge in [0.05, 0.1) is 17.8 Å². The summed E-state index contributed by atoms with van der Waals surface area (Å²) in [4.78, 5) is 24.7. The van der Waals surface area contributed by atoms with Gasteiger partial charge in [-0.1, -0.05) is 18.6 Å². The van der Waals surface area contributed by atoms with E-state index < -0.39 is 5.97 Å². The number of hydrogen-bond donors (Lipinski definition) is 2. The summed E-state index contributed by atoms with van der Waals surface area (Å²) in [7, 11) is 0. The number of nitrogens with zero attached hydrogens (tertiary/aromatic N) is 1. The minimum atomic E-state index is -0.916. The SMILES string of the molecule is Nc1ccccc1N(CCC(=O)O)C(=O)CC1CCC1. The van der Waals surface area contributed by atoms with Crippen molar-refractivity contribution in [3.8, 4) is 0 Å². The minimum absolute atomic E-state index is 0.0335. The fourth-order valence-electron chi connectivity index (χ4n) is 2.37. The Morgan fingerprint density at radius 3 is 2.55 bits per heavy atom. The first-order chi connectivity index (χ1) is 9.58. The normalized spacial score (nSPS) is 14.6. The average Bonchev–Trinajstić information content (AvgIpc) is 2.36. The molecule has 0 unspecified atom stereocenters. The van der Waals surface area contributed by atoms with Gasteiger partial charge in [-0.15, -0.1) is 0 Å². The van der Waals surface area contributed by atoms with Gasteiger partial charge in [0.25, 0.3) is 0 Å². The number of carbonyl (C=O) groups excluding carboxylic acids is 1. The molecule has 0 aliphatic heterocycles. The predicted octanol–water partition coefficient (Wildman–Crippen LogP) is 2.27. The molecule has 1 fully saturated rings. The Bertz CT molecular complexity index is 498. The van der Waals surface area contributed by atoms with Gasteiger partial charge >= 0.3 is 5.97 Å². The van der Waals surface area contributed by atoms with Crippen LogP contribution in [0.3, 0.4) is 0 Å². The van der Waals surface area contributed by atoms with Gasteiger partial charge in [-0.2, -0.15) is 0 Å². The number of para-hydroxylation sites is 2. The van der Waals surface area contributed by atoms with E-state index in [1.54, 1.807) is 24.3 Å². The molecule has 0 atom stereocenters. The summed E-state index contributed by atoms with van der Waals surface area (Å²) < 4.78 is 0. The van der Waals surface area contributed by atoms with Crippen LogP contribution in [-0.2, 0) is 9.59 Å². The summed E-state index contributed by atoms with van der Waals surface area (Å²) in [6, 6.07) is 7.08. The van der Waals surface area contributed by atoms with Gasteiger partial charge in [0.15, 0.2) is 0 Å². The number of nitrogen functional groups attached to an aromatic ring is 1. The highest BCUT2D eigenvalue weighted by atomic mass is 16.4. The van der Waals surface area contributed by atoms with Crippen LogP contribution in [0.25, 0.3) is 0 Å². The summed E-state index contributed by atoms with van der Waals surface area (Å²) in [5, 5.41) is 8.83. The van der Waals surface area contributed by atoms with Crippen molar-refractivity contribution in [3.05, 3.63) is 24.3 Å². The fourth-order valence-corrected chi connectivity index (χ4v) is 2.37. The lowest BCUT2D eigenvalue weighted by molar-refractivity contribution is -0.136. The van der Waals surface area contributed by atoms with E-state index in [9.17, 15) is 9.59 Å². The molecule has 1 aromatic rings. The zero-order chi connectivity index (χ0) is 14.5. The first kappa shape index (κ1) is 14.4. The molecule has 20 heavy (non-hydrogen) atoms. The van der Waals surface area contributed by atoms with Crippen molar-refractivity contribution in [3.63, 3.8) is 0 Å². The van der Waals surface area contributed by atoms with E-state index in [-0.39, 0.29) is 18.9 Å². The Hall–Kier alpha value is -2.04. The Kier molecular flexibility index (Phi) is 4.61. The zero-order valence-electron chi connectivity index (χ0n) is 11.4. The van der Waals surface area contributed by atoms with Gasteiger partial charge in [-0.25, -0.2) is 0 Å². The molecule has 1 aromatic carbocycles. The van der Waals surface area contributed by atoms with Crippen LogP contribution in [0.5, 0.6) is 0 Å². The summed E-state index contributed by atoms with van der Waals surface area (Å²) >= 11 is 0. The van der Waals surface area contributed by atoms with E-state index in [0.717, 1.165) is 12.8 Å². The highest BCUT2D eigenvalue weighted by Crippen LogP contribution is 2.31. The first-order valence-corrected chi connectivity index (χ1v) is 6.94. The lowest BCUT2D eigenvalue weighted by Crippen LogP contribution is -2.35. The highest BCUT2D eigenvalue weighted by Gasteiger charge is 2.25. The van der Waals surface area contributed by atoms with Crippen molar-refractivity contribution < 1.29 is 14.7 Å². The molecule has 5 heteroatoms. The van der Waals surface area contributed by atoms with Gasteiger partial charge < -0.3 is 15.7 Å². The maximum Gasteiger partial charge on any atom is 0.305 e. The topological polar surface area (TPSA) is 83.6 Å². The second-order valence-corrected chi connectivity index (χ2v) is 5.25. The average molecular weight is 276 g/mol. The molecule has 3 N–H and O–H groups in total. The molecule has 0 radical (unpaired) electrons. The number of rotatable bonds is 6. The van der Waals surface area contributed by atoms with Crippen molar-refractivity contribution in [2.45, 2.75) is 32.1 Å². The molecule has 0 spiro atoms. The van der Waals surface area contributed by atoms with Crippen molar-refractivity contribution in [2.75, 3.05) is 17.2 Å². The van der Waals surface area contributed by atoms with E-state index in [4.69, 9.17) is 10.8 Å². The number of hydrogen-bond acceptors (Lipinski definition) is 3. The quantitative estimate of drug-likeness (QED) is 0.781. The first-order valence-electron chi connectivity index (χ1n) is 6.94. The van der Waals surface area contributed by atoms with Crippen LogP contribution in [-0.4, -0.2) is 23.5 Å². The summed E-state index contributed by atoms with van der Waals surface area (Å²) in [6.45, 7) is 0.162. The largest absolute Gasteiger partial charge is 0.481 e. The molecular weight excluding hydrogens is 256 g/mol. The molecule has 1 amide bonds. The number of carboxylic acids is 1. The monoisotopic (exact) mass is 276 g/mol. The van der Waals surface area contributed by atoms with Crippen molar-refractivity contribution in [2.24, 2.45) is 5.92 Å². The molecule has 5 nitrogen and oxygen atoms in total. The Morgan fingerprint density at radius 1 is 1.30 bits per heavy atom. The van der Waals surface area contributed by atoms with Gasteiger partial charge in [0.1, 0.15) is 0 Å². The molecule has 108 valence electrons. The summed E-state index contributed by atoms with van der Waals surface area (Å²) in [6.07, 6.45) is 3.75. The van der Waals surface area contributed by atoms with Crippen LogP contribution in [0.15, 0.2) is 24.3 Å². The zero-order valence-corrected chi connectivity index (χ0v) is 11.4. The van der Waals surface area contributed by atoms with E-state index in [2.05, 4.69) is 0 Å². The second-order valence-electron chi connectivity index (χ2n) is 5.25. The highest BCUT2D eigenvalue weighted by molar-refractivity contribution is 5.96. The lowest BCUT2D eigenvalue weighted by Gasteiger charge is -2.29. The van der Waals surface area contributed by atoms with Crippen LogP contribution < -0.4 is 10.6 Å². The van der Waals surface area contributed by atoms with Crippen LogP contribution >= 0.6 is 0 Å². The van der Waals surface area contributed by atoms with E-state index in [0.29, 0.717) is 23.7 Å². The maximum atomic E-state index is 12.4. The van der Waals surface area contributed by atoms with Crippen LogP contribution in [0.2, 0.25) is 0 Å². The second kappa shape index (κ2) is 6.41. The van der Waals surface area contributed by atoms with Gasteiger partial charge in [0.2, 0.25) is 5.91 Å². The van der Waals surface area contributed by atoms with Crippen molar-refractivity contribution >= 4 is 23.3 Å². The third-order valence-electron chi connectivity index (χ3n) is 3.77. The van der Waals surface area contributed by atoms with Crippen LogP contribution in [0.1, 0.15) is 32.1 Å². The van der Waals surface area contributed by atoms with Crippen LogP contribution in [0, 0.1) is 5.92 Å². The number of benzene rings is 1. The Morgan fingerprint density at radius 2 is 2.00 bits per heavy atom. The molecule has 0 heterocycles. The number of aliphatic carboxylic acids is 1. The number of nitrogens with two attached hydrogens (primary N) is 1. The minimum Gasteiger partial charge on any atom is -0.481 e. The Labute approximate surface area is 118 Å². The van der Waals surface area contributed by atoms with Crippen LogP contribution in [0.4, 0.5) is 11.4 Å². The predicted molar refractivity (Wildman–Crippen MR) is 77.4 cm³/mol. The summed E-state index contributed by atoms with van der Waals surface area (Å²) in [5.74, 6) is -0.505. The van der Waals surface area contributed by atoms with E-state index in [1.165, 1.54) is 11.3 Å². The van der Waals surface area contributed by atoms with Crippen molar-refractivity contribution in [1.29, 1.82) is 0 Å². The molecule has 0 aromatic heterocycles. The van der Waals surface area contributed by atoms with Crippen molar-refractivity contribution in [1.82, 2.24) is 0 Å². The third-order valence-corrected chi connectivity index (χ3v) is 3.77. The molecule has 2 rings (SSSR count). The molecule has 1 aliphatic rings. The van der Waals surface area contributed by atoms with Gasteiger partial charge in [-0.05, 0) is 30.9 Å². The van der Waals surface area contributed by atoms with Gasteiger partial charge in [0, 0.05) is 13.0 Å². The van der Waals surface area contributed by atoms with E-state index in [1.807, 2.05) is 0 Å². The Balaban J connectivity index is 2.12. The molecule has 0 saturated heterocycles. The maximum absolute atomic E-state index is 12.4. The number of amides is 1. The molecule has 0 bridgehead atoms. The number of anilines is 2. The fraction of sp³-hybridized carbons (Fsp3) is 0.467. The lowest BCUT2D eigenvalue weighted by atomic mass is 9.82. The number of carboxylic acid groups (broad SMARTS) is 1. The molecule has 1 saturated carbocycles. The third kappa shape index (κ3) is 3.50. The smallest absolute Gasteiger partial charge is 0.305 e. The standard InChI is InChI=1S/C15H20N2O3/c16-12-6-1-2-7-13(12)17(9-8-15(19)20)14(18)10-11-4-3-5-11/h1-2,6-7,11H,3-5,8-10,16H2,(H,19,20). The molecular formula is C15H20N2O3. The summed E-state index contributed by atoms with van der Waals surface area (Å²) in [5.41, 5.74) is 7.01. The molecule has 1 aliphatic carbocycles. The van der Waals surface area contributed by atoms with Gasteiger partial charge in [-0.3, -0.25) is 9.59 Å². The number of carbonyl (C=O) groups is 2.